The summed E-state index contributed by atoms with van der Waals surface area (Å²) in [5.74, 6) is 0.254. The molecule has 1 unspecified atom stereocenters. The number of hydrogen-bond acceptors (Lipinski definition) is 4. The van der Waals surface area contributed by atoms with Crippen LogP contribution in [0.1, 0.15) is 47.7 Å². The van der Waals surface area contributed by atoms with Crippen LogP contribution >= 0.6 is 12.2 Å². The Morgan fingerprint density at radius 3 is 2.57 bits per heavy atom. The smallest absolute Gasteiger partial charge is 0.276 e. The van der Waals surface area contributed by atoms with Crippen molar-refractivity contribution in [1.82, 2.24) is 16.2 Å². The molecule has 0 heterocycles. The number of amides is 2. The largest absolute Gasteiger partial charge is 0.483 e. The fraction of sp³-hybridized carbons (Fsp3) is 0.286. The van der Waals surface area contributed by atoms with Crippen molar-refractivity contribution in [1.29, 1.82) is 0 Å². The molecule has 0 aliphatic rings. The molecule has 0 bridgehead atoms. The summed E-state index contributed by atoms with van der Waals surface area (Å²) in [4.78, 5) is 24.1. The van der Waals surface area contributed by atoms with Crippen LogP contribution in [0.3, 0.4) is 0 Å². The fourth-order valence-corrected chi connectivity index (χ4v) is 2.68. The Morgan fingerprint density at radius 1 is 1.11 bits per heavy atom. The van der Waals surface area contributed by atoms with Gasteiger partial charge in [-0.1, -0.05) is 49.7 Å². The van der Waals surface area contributed by atoms with Crippen LogP contribution in [0, 0.1) is 6.92 Å². The normalized spacial score (nSPS) is 11.2. The van der Waals surface area contributed by atoms with Crippen molar-refractivity contribution in [2.75, 3.05) is 6.61 Å². The van der Waals surface area contributed by atoms with Crippen molar-refractivity contribution in [2.45, 2.75) is 33.1 Å². The van der Waals surface area contributed by atoms with Crippen LogP contribution < -0.4 is 20.9 Å². The first-order valence-electron chi connectivity index (χ1n) is 9.09. The van der Waals surface area contributed by atoms with Gasteiger partial charge in [-0.2, -0.15) is 0 Å². The van der Waals surface area contributed by atoms with Crippen molar-refractivity contribution in [3.8, 4) is 5.75 Å². The van der Waals surface area contributed by atoms with Crippen molar-refractivity contribution in [3.63, 3.8) is 0 Å². The second-order valence-corrected chi connectivity index (χ2v) is 6.87. The summed E-state index contributed by atoms with van der Waals surface area (Å²) in [7, 11) is 0. The van der Waals surface area contributed by atoms with Crippen LogP contribution in [0.5, 0.6) is 5.75 Å². The van der Waals surface area contributed by atoms with Crippen molar-refractivity contribution in [3.05, 3.63) is 65.2 Å². The third-order valence-corrected chi connectivity index (χ3v) is 4.45. The minimum absolute atomic E-state index is 0.000128. The highest BCUT2D eigenvalue weighted by Gasteiger charge is 2.12. The van der Waals surface area contributed by atoms with Crippen LogP contribution in [-0.2, 0) is 4.79 Å². The Bertz CT molecular complexity index is 854. The van der Waals surface area contributed by atoms with Crippen molar-refractivity contribution in [2.24, 2.45) is 0 Å². The lowest BCUT2D eigenvalue weighted by molar-refractivity contribution is -0.123. The lowest BCUT2D eigenvalue weighted by Gasteiger charge is -2.16. The molecule has 0 saturated heterocycles. The summed E-state index contributed by atoms with van der Waals surface area (Å²) < 4.78 is 5.64. The quantitative estimate of drug-likeness (QED) is 0.513. The molecular weight excluding hydrogens is 374 g/mol. The summed E-state index contributed by atoms with van der Waals surface area (Å²) in [6.45, 7) is 5.94. The maximum atomic E-state index is 12.1. The highest BCUT2D eigenvalue weighted by Crippen LogP contribution is 2.28. The molecule has 0 spiro atoms. The average molecular weight is 400 g/mol. The molecule has 0 aliphatic carbocycles. The van der Waals surface area contributed by atoms with Crippen LogP contribution in [0.4, 0.5) is 0 Å². The number of rotatable bonds is 6. The number of hydrogen-bond donors (Lipinski definition) is 3. The zero-order chi connectivity index (χ0) is 20.5. The van der Waals surface area contributed by atoms with E-state index in [9.17, 15) is 9.59 Å². The minimum atomic E-state index is -0.411. The Kier molecular flexibility index (Phi) is 7.95. The number of aryl methyl sites for hydroxylation is 1. The maximum absolute atomic E-state index is 12.1. The van der Waals surface area contributed by atoms with Gasteiger partial charge in [0.2, 0.25) is 0 Å². The zero-order valence-corrected chi connectivity index (χ0v) is 17.1. The number of carbonyl (C=O) groups is 2. The van der Waals surface area contributed by atoms with E-state index in [1.165, 1.54) is 0 Å². The summed E-state index contributed by atoms with van der Waals surface area (Å²) in [5.41, 5.74) is 7.43. The molecule has 148 valence electrons. The predicted octanol–water partition coefficient (Wildman–Crippen LogP) is 3.22. The number of thiocarbonyl (C=S) groups is 1. The first kappa shape index (κ1) is 21.4. The van der Waals surface area contributed by atoms with Gasteiger partial charge in [0.15, 0.2) is 11.7 Å². The van der Waals surface area contributed by atoms with Gasteiger partial charge in [-0.3, -0.25) is 25.8 Å². The third kappa shape index (κ3) is 6.35. The standard InChI is InChI=1S/C21H25N3O3S/c1-4-15(3)17-10-5-6-11-18(17)27-13-19(25)23-24-21(28)22-20(26)16-9-7-8-14(2)12-16/h5-12,15H,4,13H2,1-3H3,(H,23,25)(H2,22,24,26,28). The molecular formula is C21H25N3O3S. The monoisotopic (exact) mass is 399 g/mol. The summed E-state index contributed by atoms with van der Waals surface area (Å²) in [5, 5.41) is 2.51. The van der Waals surface area contributed by atoms with Crippen LogP contribution in [0.25, 0.3) is 0 Å². The molecule has 0 aliphatic heterocycles. The van der Waals surface area contributed by atoms with Crippen molar-refractivity contribution >= 4 is 29.1 Å². The molecule has 2 aromatic rings. The first-order chi connectivity index (χ1) is 13.4. The molecule has 7 heteroatoms. The zero-order valence-electron chi connectivity index (χ0n) is 16.2. The van der Waals surface area contributed by atoms with E-state index in [1.807, 2.05) is 37.3 Å². The molecule has 0 fully saturated rings. The highest BCUT2D eigenvalue weighted by molar-refractivity contribution is 7.80. The average Bonchev–Trinajstić information content (AvgIpc) is 2.70. The number of benzene rings is 2. The van der Waals surface area contributed by atoms with E-state index in [4.69, 9.17) is 17.0 Å². The van der Waals surface area contributed by atoms with Gasteiger partial charge in [0, 0.05) is 5.56 Å². The molecule has 3 N–H and O–H groups in total. The lowest BCUT2D eigenvalue weighted by atomic mass is 9.98. The van der Waals surface area contributed by atoms with Crippen LogP contribution in [0.2, 0.25) is 0 Å². The second kappa shape index (κ2) is 10.4. The van der Waals surface area contributed by atoms with Gasteiger partial charge in [0.25, 0.3) is 11.8 Å². The maximum Gasteiger partial charge on any atom is 0.276 e. The predicted molar refractivity (Wildman–Crippen MR) is 113 cm³/mol. The van der Waals surface area contributed by atoms with E-state index in [2.05, 4.69) is 30.0 Å². The SMILES string of the molecule is CCC(C)c1ccccc1OCC(=O)NNC(=S)NC(=O)c1cccc(C)c1. The van der Waals surface area contributed by atoms with Gasteiger partial charge in [-0.05, 0) is 55.2 Å². The van der Waals surface area contributed by atoms with Crippen LogP contribution in [0.15, 0.2) is 48.5 Å². The van der Waals surface area contributed by atoms with E-state index >= 15 is 0 Å². The van der Waals surface area contributed by atoms with E-state index in [-0.39, 0.29) is 17.6 Å². The molecule has 0 aromatic heterocycles. The van der Waals surface area contributed by atoms with Crippen molar-refractivity contribution < 1.29 is 14.3 Å². The minimum Gasteiger partial charge on any atom is -0.483 e. The summed E-state index contributed by atoms with van der Waals surface area (Å²) in [6, 6.07) is 14.8. The van der Waals surface area contributed by atoms with E-state index in [0.29, 0.717) is 17.2 Å². The highest BCUT2D eigenvalue weighted by atomic mass is 32.1. The molecule has 0 radical (unpaired) electrons. The third-order valence-electron chi connectivity index (χ3n) is 4.24. The van der Waals surface area contributed by atoms with Gasteiger partial charge in [-0.25, -0.2) is 0 Å². The molecule has 0 saturated carbocycles. The second-order valence-electron chi connectivity index (χ2n) is 6.46. The number of ether oxygens (including phenoxy) is 1. The first-order valence-corrected chi connectivity index (χ1v) is 9.50. The number of nitrogens with one attached hydrogen (secondary N) is 3. The molecule has 6 nitrogen and oxygen atoms in total. The Balaban J connectivity index is 1.80. The number of carbonyl (C=O) groups excluding carboxylic acids is 2. The number of hydrazine groups is 1. The molecule has 2 aromatic carbocycles. The molecule has 2 rings (SSSR count). The topological polar surface area (TPSA) is 79.5 Å². The van der Waals surface area contributed by atoms with Crippen LogP contribution in [-0.4, -0.2) is 23.5 Å². The van der Waals surface area contributed by atoms with E-state index < -0.39 is 5.91 Å². The van der Waals surface area contributed by atoms with Gasteiger partial charge in [-0.15, -0.1) is 0 Å². The van der Waals surface area contributed by atoms with Gasteiger partial charge in [0.1, 0.15) is 5.75 Å². The van der Waals surface area contributed by atoms with Gasteiger partial charge in [0.05, 0.1) is 0 Å². The lowest BCUT2D eigenvalue weighted by Crippen LogP contribution is -2.49. The van der Waals surface area contributed by atoms with E-state index in [0.717, 1.165) is 17.5 Å². The fourth-order valence-electron chi connectivity index (χ4n) is 2.54. The summed E-state index contributed by atoms with van der Waals surface area (Å²) in [6.07, 6.45) is 0.975. The Hall–Kier alpha value is -2.93. The molecule has 2 amide bonds. The summed E-state index contributed by atoms with van der Waals surface area (Å²) >= 11 is 5.03. The molecule has 1 atom stereocenters. The number of para-hydroxylation sites is 1. The van der Waals surface area contributed by atoms with Gasteiger partial charge >= 0.3 is 0 Å². The van der Waals surface area contributed by atoms with E-state index in [1.54, 1.807) is 18.2 Å². The molecule has 28 heavy (non-hydrogen) atoms. The van der Waals surface area contributed by atoms with Gasteiger partial charge < -0.3 is 4.74 Å². The Morgan fingerprint density at radius 2 is 1.86 bits per heavy atom. The Labute approximate surface area is 170 Å².